The molecule has 7 nitrogen and oxygen atoms in total. The number of aliphatic imine (C=N–C) groups is 1. The van der Waals surface area contributed by atoms with E-state index >= 15 is 0 Å². The van der Waals surface area contributed by atoms with Crippen molar-refractivity contribution in [1.29, 1.82) is 0 Å². The van der Waals surface area contributed by atoms with E-state index in [0.717, 1.165) is 82.3 Å². The molecule has 0 atom stereocenters. The smallest absolute Gasteiger partial charge is 0.193 e. The minimum absolute atomic E-state index is 0. The second-order valence-electron chi connectivity index (χ2n) is 8.35. The van der Waals surface area contributed by atoms with Gasteiger partial charge in [-0.25, -0.2) is 4.99 Å². The Morgan fingerprint density at radius 1 is 1.16 bits per heavy atom. The highest BCUT2D eigenvalue weighted by molar-refractivity contribution is 14.0. The number of ether oxygens (including phenoxy) is 3. The molecule has 1 N–H and O–H groups in total. The van der Waals surface area contributed by atoms with Crippen molar-refractivity contribution in [2.45, 2.75) is 32.7 Å². The normalized spacial score (nSPS) is 18.1. The molecule has 2 saturated heterocycles. The number of para-hydroxylation sites is 1. The number of morpholine rings is 1. The molecule has 1 aromatic carbocycles. The van der Waals surface area contributed by atoms with Crippen LogP contribution >= 0.6 is 24.0 Å². The lowest BCUT2D eigenvalue weighted by Crippen LogP contribution is -2.40. The van der Waals surface area contributed by atoms with Crippen molar-refractivity contribution >= 4 is 29.9 Å². The van der Waals surface area contributed by atoms with E-state index < -0.39 is 0 Å². The molecule has 2 heterocycles. The average molecular weight is 561 g/mol. The maximum absolute atomic E-state index is 6.12. The van der Waals surface area contributed by atoms with Gasteiger partial charge in [0.15, 0.2) is 5.96 Å². The van der Waals surface area contributed by atoms with Crippen LogP contribution in [0.5, 0.6) is 5.75 Å². The molecule has 0 radical (unpaired) electrons. The predicted octanol–water partition coefficient (Wildman–Crippen LogP) is 3.23. The molecule has 2 fully saturated rings. The second kappa shape index (κ2) is 15.7. The number of halogens is 1. The highest BCUT2D eigenvalue weighted by Crippen LogP contribution is 2.20. The fraction of sp³-hybridized carbons (Fsp3) is 0.708. The summed E-state index contributed by atoms with van der Waals surface area (Å²) >= 11 is 0. The Balaban J connectivity index is 0.00000363. The zero-order chi connectivity index (χ0) is 21.7. The van der Waals surface area contributed by atoms with Crippen LogP contribution in [0.1, 0.15) is 31.7 Å². The Labute approximate surface area is 210 Å². The van der Waals surface area contributed by atoms with Crippen LogP contribution in [0, 0.1) is 5.92 Å². The van der Waals surface area contributed by atoms with Gasteiger partial charge in [-0.2, -0.15) is 0 Å². The topological polar surface area (TPSA) is 58.6 Å². The van der Waals surface area contributed by atoms with Crippen LogP contribution in [0.25, 0.3) is 0 Å². The van der Waals surface area contributed by atoms with E-state index in [1.54, 1.807) is 0 Å². The average Bonchev–Trinajstić information content (AvgIpc) is 2.82. The summed E-state index contributed by atoms with van der Waals surface area (Å²) in [5, 5.41) is 3.44. The van der Waals surface area contributed by atoms with Gasteiger partial charge in [0.25, 0.3) is 0 Å². The summed E-state index contributed by atoms with van der Waals surface area (Å²) in [7, 11) is 2.13. The van der Waals surface area contributed by atoms with Crippen molar-refractivity contribution in [3.05, 3.63) is 29.8 Å². The summed E-state index contributed by atoms with van der Waals surface area (Å²) in [5.74, 6) is 2.65. The Kier molecular flexibility index (Phi) is 13.3. The molecule has 0 aromatic heterocycles. The fourth-order valence-corrected chi connectivity index (χ4v) is 4.03. The van der Waals surface area contributed by atoms with Gasteiger partial charge in [0.05, 0.1) is 19.8 Å². The molecule has 0 bridgehead atoms. The van der Waals surface area contributed by atoms with E-state index in [2.05, 4.69) is 41.2 Å². The molecule has 2 aliphatic heterocycles. The van der Waals surface area contributed by atoms with Crippen LogP contribution in [0.3, 0.4) is 0 Å². The Morgan fingerprint density at radius 3 is 2.62 bits per heavy atom. The van der Waals surface area contributed by atoms with E-state index in [0.29, 0.717) is 13.2 Å². The van der Waals surface area contributed by atoms with Crippen LogP contribution in [0.15, 0.2) is 29.3 Å². The summed E-state index contributed by atoms with van der Waals surface area (Å²) in [6, 6.07) is 8.25. The largest absolute Gasteiger partial charge is 0.492 e. The van der Waals surface area contributed by atoms with Crippen molar-refractivity contribution in [3.8, 4) is 5.75 Å². The molecule has 0 aliphatic carbocycles. The lowest BCUT2D eigenvalue weighted by Gasteiger charge is -2.27. The third kappa shape index (κ3) is 9.41. The number of rotatable bonds is 10. The van der Waals surface area contributed by atoms with Gasteiger partial charge in [0.1, 0.15) is 12.4 Å². The molecule has 0 amide bonds. The molecular weight excluding hydrogens is 519 g/mol. The van der Waals surface area contributed by atoms with Crippen molar-refractivity contribution in [2.75, 3.05) is 72.8 Å². The van der Waals surface area contributed by atoms with Gasteiger partial charge in [-0.1, -0.05) is 18.2 Å². The van der Waals surface area contributed by atoms with E-state index in [9.17, 15) is 0 Å². The van der Waals surface area contributed by atoms with Crippen LogP contribution in [-0.2, 0) is 16.0 Å². The standard InChI is InChI=1S/C24H40N4O3.HI/c1-3-25-24(27(2)11-8-21-9-15-29-16-10-21)26-20-22-6-4-5-7-23(22)31-19-14-28-12-17-30-18-13-28;/h4-7,21H,3,8-20H2,1-2H3,(H,25,26);1H. The van der Waals surface area contributed by atoms with Gasteiger partial charge >= 0.3 is 0 Å². The summed E-state index contributed by atoms with van der Waals surface area (Å²) in [6.45, 7) is 11.6. The van der Waals surface area contributed by atoms with E-state index in [-0.39, 0.29) is 24.0 Å². The van der Waals surface area contributed by atoms with Gasteiger partial charge < -0.3 is 24.4 Å². The fourth-order valence-electron chi connectivity index (χ4n) is 4.03. The number of guanidine groups is 1. The molecule has 8 heteroatoms. The first-order chi connectivity index (χ1) is 15.3. The third-order valence-corrected chi connectivity index (χ3v) is 6.05. The molecule has 0 spiro atoms. The Hall–Kier alpha value is -1.10. The van der Waals surface area contributed by atoms with E-state index in [4.69, 9.17) is 19.2 Å². The monoisotopic (exact) mass is 560 g/mol. The van der Waals surface area contributed by atoms with Gasteiger partial charge in [-0.05, 0) is 38.2 Å². The quantitative estimate of drug-likeness (QED) is 0.270. The molecule has 1 aromatic rings. The van der Waals surface area contributed by atoms with Crippen molar-refractivity contribution < 1.29 is 14.2 Å². The molecule has 0 unspecified atom stereocenters. The first-order valence-corrected chi connectivity index (χ1v) is 11.8. The number of nitrogens with zero attached hydrogens (tertiary/aromatic N) is 3. The van der Waals surface area contributed by atoms with Gasteiger partial charge in [0, 0.05) is 58.5 Å². The van der Waals surface area contributed by atoms with Crippen molar-refractivity contribution in [1.82, 2.24) is 15.1 Å². The zero-order valence-electron chi connectivity index (χ0n) is 19.8. The van der Waals surface area contributed by atoms with Crippen LogP contribution in [-0.4, -0.2) is 88.6 Å². The lowest BCUT2D eigenvalue weighted by atomic mass is 9.96. The Bertz CT molecular complexity index is 664. The first-order valence-electron chi connectivity index (χ1n) is 11.8. The summed E-state index contributed by atoms with van der Waals surface area (Å²) < 4.78 is 17.0. The molecule has 32 heavy (non-hydrogen) atoms. The van der Waals surface area contributed by atoms with Crippen molar-refractivity contribution in [2.24, 2.45) is 10.9 Å². The summed E-state index contributed by atoms with van der Waals surface area (Å²) in [6.07, 6.45) is 3.54. The van der Waals surface area contributed by atoms with Crippen LogP contribution < -0.4 is 10.1 Å². The number of nitrogens with one attached hydrogen (secondary N) is 1. The number of benzene rings is 1. The summed E-state index contributed by atoms with van der Waals surface area (Å²) in [5.41, 5.74) is 1.12. The van der Waals surface area contributed by atoms with Gasteiger partial charge in [-0.15, -0.1) is 24.0 Å². The van der Waals surface area contributed by atoms with E-state index in [1.165, 1.54) is 19.3 Å². The highest BCUT2D eigenvalue weighted by atomic mass is 127. The first kappa shape index (κ1) is 27.1. The molecule has 3 rings (SSSR count). The van der Waals surface area contributed by atoms with Crippen LogP contribution in [0.4, 0.5) is 0 Å². The highest BCUT2D eigenvalue weighted by Gasteiger charge is 2.16. The molecule has 0 saturated carbocycles. The maximum Gasteiger partial charge on any atom is 0.193 e. The zero-order valence-corrected chi connectivity index (χ0v) is 22.1. The lowest BCUT2D eigenvalue weighted by molar-refractivity contribution is 0.0322. The maximum atomic E-state index is 6.12. The summed E-state index contributed by atoms with van der Waals surface area (Å²) in [4.78, 5) is 9.55. The second-order valence-corrected chi connectivity index (χ2v) is 8.35. The number of hydrogen-bond donors (Lipinski definition) is 1. The Morgan fingerprint density at radius 2 is 1.88 bits per heavy atom. The molecule has 182 valence electrons. The minimum atomic E-state index is 0. The molecule has 2 aliphatic rings. The minimum Gasteiger partial charge on any atom is -0.492 e. The number of hydrogen-bond acceptors (Lipinski definition) is 5. The van der Waals surface area contributed by atoms with Crippen LogP contribution in [0.2, 0.25) is 0 Å². The van der Waals surface area contributed by atoms with E-state index in [1.807, 2.05) is 12.1 Å². The predicted molar refractivity (Wildman–Crippen MR) is 140 cm³/mol. The third-order valence-electron chi connectivity index (χ3n) is 6.05. The van der Waals surface area contributed by atoms with Crippen molar-refractivity contribution in [3.63, 3.8) is 0 Å². The molecular formula is C24H41IN4O3. The van der Waals surface area contributed by atoms with Gasteiger partial charge in [-0.3, -0.25) is 4.90 Å². The SMILES string of the molecule is CCNC(=NCc1ccccc1OCCN1CCOCC1)N(C)CCC1CCOCC1.I. The van der Waals surface area contributed by atoms with Gasteiger partial charge in [0.2, 0.25) is 0 Å².